The van der Waals surface area contributed by atoms with E-state index in [1.807, 2.05) is 0 Å². The van der Waals surface area contributed by atoms with Crippen molar-refractivity contribution < 1.29 is 4.74 Å². The molecule has 0 aromatic heterocycles. The number of hydrogen-bond donors (Lipinski definition) is 0. The van der Waals surface area contributed by atoms with Crippen LogP contribution in [0, 0.1) is 0 Å². The molecule has 1 atom stereocenters. The summed E-state index contributed by atoms with van der Waals surface area (Å²) >= 11 is 0. The van der Waals surface area contributed by atoms with E-state index in [2.05, 4.69) is 134 Å². The Morgan fingerprint density at radius 3 is 1.86 bits per heavy atom. The van der Waals surface area contributed by atoms with Gasteiger partial charge in [-0.1, -0.05) is 115 Å². The SMILES string of the molecule is CC1(c2cccc3ccccc23)C=C(c2cccc3ccccc23)Oc2ccc3ccccc3c21. The van der Waals surface area contributed by atoms with Gasteiger partial charge in [-0.25, -0.2) is 0 Å². The minimum absolute atomic E-state index is 0.387. The van der Waals surface area contributed by atoms with E-state index in [1.165, 1.54) is 43.4 Å². The average molecular weight is 449 g/mol. The fourth-order valence-electron chi connectivity index (χ4n) is 5.82. The number of fused-ring (bicyclic) bond motifs is 5. The van der Waals surface area contributed by atoms with E-state index >= 15 is 0 Å². The maximum absolute atomic E-state index is 6.72. The largest absolute Gasteiger partial charge is 0.457 e. The van der Waals surface area contributed by atoms with Crippen LogP contribution in [0.15, 0.2) is 127 Å². The van der Waals surface area contributed by atoms with Crippen molar-refractivity contribution >= 4 is 38.1 Å². The van der Waals surface area contributed by atoms with Crippen LogP contribution >= 0.6 is 0 Å². The first-order chi connectivity index (χ1) is 17.2. The van der Waals surface area contributed by atoms with Crippen LogP contribution in [0.5, 0.6) is 5.75 Å². The van der Waals surface area contributed by atoms with Crippen LogP contribution in [0.4, 0.5) is 0 Å². The molecule has 1 heterocycles. The second kappa shape index (κ2) is 7.58. The molecule has 0 amide bonds. The lowest BCUT2D eigenvalue weighted by atomic mass is 9.70. The zero-order valence-corrected chi connectivity index (χ0v) is 19.5. The van der Waals surface area contributed by atoms with Crippen molar-refractivity contribution in [3.63, 3.8) is 0 Å². The van der Waals surface area contributed by atoms with Crippen LogP contribution in [0.1, 0.15) is 23.6 Å². The second-order valence-corrected chi connectivity index (χ2v) is 9.53. The zero-order chi connectivity index (χ0) is 23.4. The Hall–Kier alpha value is -4.36. The molecule has 1 unspecified atom stereocenters. The Morgan fingerprint density at radius 1 is 0.514 bits per heavy atom. The zero-order valence-electron chi connectivity index (χ0n) is 19.5. The molecule has 0 N–H and O–H groups in total. The fourth-order valence-corrected chi connectivity index (χ4v) is 5.82. The van der Waals surface area contributed by atoms with Gasteiger partial charge in [0.1, 0.15) is 11.5 Å². The van der Waals surface area contributed by atoms with Crippen LogP contribution in [-0.2, 0) is 5.41 Å². The lowest BCUT2D eigenvalue weighted by Crippen LogP contribution is -2.27. The molecule has 166 valence electrons. The summed E-state index contributed by atoms with van der Waals surface area (Å²) in [5.41, 5.74) is 3.24. The van der Waals surface area contributed by atoms with Gasteiger partial charge in [0.25, 0.3) is 0 Å². The molecule has 0 spiro atoms. The fraction of sp³-hybridized carbons (Fsp3) is 0.0588. The monoisotopic (exact) mass is 448 g/mol. The molecule has 1 aliphatic rings. The van der Waals surface area contributed by atoms with Crippen molar-refractivity contribution in [1.82, 2.24) is 0 Å². The Labute approximate surface area is 204 Å². The summed E-state index contributed by atoms with van der Waals surface area (Å²) in [6.45, 7) is 2.34. The van der Waals surface area contributed by atoms with E-state index in [0.717, 1.165) is 17.1 Å². The quantitative estimate of drug-likeness (QED) is 0.257. The lowest BCUT2D eigenvalue weighted by molar-refractivity contribution is 0.474. The third kappa shape index (κ3) is 3.02. The Bertz CT molecular complexity index is 1780. The van der Waals surface area contributed by atoms with Crippen molar-refractivity contribution in [3.8, 4) is 5.75 Å². The molecular formula is C34H24O. The first kappa shape index (κ1) is 20.1. The minimum atomic E-state index is -0.387. The molecule has 0 saturated heterocycles. The Kier molecular flexibility index (Phi) is 4.34. The van der Waals surface area contributed by atoms with Gasteiger partial charge in [0, 0.05) is 16.5 Å². The average Bonchev–Trinajstić information content (AvgIpc) is 2.92. The van der Waals surface area contributed by atoms with Gasteiger partial charge < -0.3 is 4.74 Å². The van der Waals surface area contributed by atoms with E-state index < -0.39 is 0 Å². The van der Waals surface area contributed by atoms with Gasteiger partial charge in [-0.05, 0) is 56.9 Å². The summed E-state index contributed by atoms with van der Waals surface area (Å²) in [7, 11) is 0. The summed E-state index contributed by atoms with van der Waals surface area (Å²) in [5, 5.41) is 7.39. The van der Waals surface area contributed by atoms with Crippen LogP contribution < -0.4 is 4.74 Å². The molecular weight excluding hydrogens is 424 g/mol. The normalized spacial score (nSPS) is 17.2. The maximum atomic E-state index is 6.72. The summed E-state index contributed by atoms with van der Waals surface area (Å²) in [5.74, 6) is 1.82. The minimum Gasteiger partial charge on any atom is -0.457 e. The van der Waals surface area contributed by atoms with Crippen molar-refractivity contribution in [3.05, 3.63) is 144 Å². The third-order valence-electron chi connectivity index (χ3n) is 7.45. The van der Waals surface area contributed by atoms with Crippen LogP contribution in [0.3, 0.4) is 0 Å². The highest BCUT2D eigenvalue weighted by atomic mass is 16.5. The summed E-state index contributed by atoms with van der Waals surface area (Å²) in [4.78, 5) is 0. The van der Waals surface area contributed by atoms with Crippen molar-refractivity contribution in [2.75, 3.05) is 0 Å². The molecule has 0 bridgehead atoms. The Morgan fingerprint density at radius 2 is 1.09 bits per heavy atom. The van der Waals surface area contributed by atoms with E-state index in [-0.39, 0.29) is 5.41 Å². The van der Waals surface area contributed by atoms with Gasteiger partial charge in [-0.2, -0.15) is 0 Å². The molecule has 0 radical (unpaired) electrons. The molecule has 0 saturated carbocycles. The van der Waals surface area contributed by atoms with Gasteiger partial charge >= 0.3 is 0 Å². The van der Waals surface area contributed by atoms with Crippen LogP contribution in [-0.4, -0.2) is 0 Å². The Balaban J connectivity index is 1.59. The van der Waals surface area contributed by atoms with Gasteiger partial charge in [0.15, 0.2) is 0 Å². The number of allylic oxidation sites excluding steroid dienone is 1. The molecule has 35 heavy (non-hydrogen) atoms. The first-order valence-corrected chi connectivity index (χ1v) is 12.1. The van der Waals surface area contributed by atoms with E-state index in [0.29, 0.717) is 0 Å². The lowest BCUT2D eigenvalue weighted by Gasteiger charge is -2.36. The second-order valence-electron chi connectivity index (χ2n) is 9.53. The number of ether oxygens (including phenoxy) is 1. The van der Waals surface area contributed by atoms with E-state index in [4.69, 9.17) is 4.74 Å². The smallest absolute Gasteiger partial charge is 0.132 e. The highest BCUT2D eigenvalue weighted by molar-refractivity contribution is 5.98. The van der Waals surface area contributed by atoms with E-state index in [9.17, 15) is 0 Å². The molecule has 1 aliphatic heterocycles. The summed E-state index contributed by atoms with van der Waals surface area (Å²) in [6.07, 6.45) is 2.34. The molecule has 1 heteroatoms. The van der Waals surface area contributed by atoms with Gasteiger partial charge in [0.2, 0.25) is 0 Å². The predicted octanol–water partition coefficient (Wildman–Crippen LogP) is 8.89. The molecule has 6 aromatic rings. The van der Waals surface area contributed by atoms with Crippen molar-refractivity contribution in [2.24, 2.45) is 0 Å². The molecule has 0 fully saturated rings. The van der Waals surface area contributed by atoms with Gasteiger partial charge in [-0.3, -0.25) is 0 Å². The summed E-state index contributed by atoms with van der Waals surface area (Å²) in [6, 6.07) is 43.2. The highest BCUT2D eigenvalue weighted by Gasteiger charge is 2.37. The van der Waals surface area contributed by atoms with Gasteiger partial charge in [0.05, 0.1) is 0 Å². The predicted molar refractivity (Wildman–Crippen MR) is 147 cm³/mol. The van der Waals surface area contributed by atoms with E-state index in [1.54, 1.807) is 0 Å². The highest BCUT2D eigenvalue weighted by Crippen LogP contribution is 2.50. The molecule has 7 rings (SSSR count). The van der Waals surface area contributed by atoms with Crippen molar-refractivity contribution in [2.45, 2.75) is 12.3 Å². The summed E-state index contributed by atoms with van der Waals surface area (Å²) < 4.78 is 6.72. The number of benzene rings is 6. The topological polar surface area (TPSA) is 9.23 Å². The first-order valence-electron chi connectivity index (χ1n) is 12.1. The standard InChI is InChI=1S/C34H24O/c1-34(30-19-9-14-24-11-3-6-16-27(24)30)22-32(29-18-8-13-23-10-2-5-15-26(23)29)35-31-21-20-25-12-4-7-17-28(25)33(31)34/h2-22H,1H3. The number of rotatable bonds is 2. The maximum Gasteiger partial charge on any atom is 0.132 e. The third-order valence-corrected chi connectivity index (χ3v) is 7.45. The molecule has 0 aliphatic carbocycles. The van der Waals surface area contributed by atoms with Crippen molar-refractivity contribution in [1.29, 1.82) is 0 Å². The molecule has 6 aromatic carbocycles. The van der Waals surface area contributed by atoms with Gasteiger partial charge in [-0.15, -0.1) is 0 Å². The number of hydrogen-bond acceptors (Lipinski definition) is 1. The van der Waals surface area contributed by atoms with Crippen LogP contribution in [0.2, 0.25) is 0 Å². The molecule has 1 nitrogen and oxygen atoms in total. The van der Waals surface area contributed by atoms with Crippen LogP contribution in [0.25, 0.3) is 38.1 Å².